The molecule has 7 heteroatoms. The maximum absolute atomic E-state index is 12.0. The predicted molar refractivity (Wildman–Crippen MR) is 85.1 cm³/mol. The van der Waals surface area contributed by atoms with Crippen molar-refractivity contribution in [3.63, 3.8) is 0 Å². The van der Waals surface area contributed by atoms with E-state index < -0.39 is 0 Å². The minimum atomic E-state index is -0.237. The number of ether oxygens (including phenoxy) is 2. The van der Waals surface area contributed by atoms with E-state index in [1.54, 1.807) is 24.3 Å². The number of aromatic hydroxyl groups is 1. The van der Waals surface area contributed by atoms with Gasteiger partial charge < -0.3 is 19.5 Å². The number of thioether (sulfide) groups is 1. The van der Waals surface area contributed by atoms with Crippen molar-refractivity contribution in [1.29, 1.82) is 0 Å². The van der Waals surface area contributed by atoms with Crippen LogP contribution in [0.5, 0.6) is 11.5 Å². The molecule has 1 fully saturated rings. The van der Waals surface area contributed by atoms with Gasteiger partial charge in [0.1, 0.15) is 0 Å². The number of phenols is 1. The molecule has 116 valence electrons. The summed E-state index contributed by atoms with van der Waals surface area (Å²) in [5.74, 6) is 0.206. The van der Waals surface area contributed by atoms with Gasteiger partial charge in [0.25, 0.3) is 5.91 Å². The largest absolute Gasteiger partial charge is 0.504 e. The number of hydrogen-bond donors (Lipinski definition) is 1. The average molecular weight is 320 g/mol. The molecule has 22 heavy (non-hydrogen) atoms. The fourth-order valence-corrected chi connectivity index (χ4v) is 3.19. The predicted octanol–water partition coefficient (Wildman–Crippen LogP) is 1.70. The summed E-state index contributed by atoms with van der Waals surface area (Å²) in [5, 5.41) is 10.3. The number of morpholine rings is 1. The van der Waals surface area contributed by atoms with Crippen molar-refractivity contribution >= 4 is 28.9 Å². The van der Waals surface area contributed by atoms with Gasteiger partial charge in [-0.1, -0.05) is 6.07 Å². The summed E-state index contributed by atoms with van der Waals surface area (Å²) >= 11 is 1.37. The topological polar surface area (TPSA) is 71.4 Å². The number of carbonyl (C=O) groups excluding carboxylic acids is 1. The van der Waals surface area contributed by atoms with Crippen molar-refractivity contribution in [3.05, 3.63) is 28.7 Å². The maximum atomic E-state index is 12.0. The molecule has 6 nitrogen and oxygen atoms in total. The minimum Gasteiger partial charge on any atom is -0.504 e. The molecule has 0 atom stereocenters. The Bertz CT molecular complexity index is 651. The van der Waals surface area contributed by atoms with Crippen molar-refractivity contribution in [2.45, 2.75) is 0 Å². The van der Waals surface area contributed by atoms with Gasteiger partial charge in [-0.15, -0.1) is 0 Å². The zero-order valence-electron chi connectivity index (χ0n) is 12.1. The average Bonchev–Trinajstić information content (AvgIpc) is 2.91. The molecule has 1 N–H and O–H groups in total. The highest BCUT2D eigenvalue weighted by Crippen LogP contribution is 2.32. The number of nitrogens with zero attached hydrogens (tertiary/aromatic N) is 2. The number of hydrogen-bond acceptors (Lipinski definition) is 6. The van der Waals surface area contributed by atoms with Crippen molar-refractivity contribution in [3.8, 4) is 11.5 Å². The minimum absolute atomic E-state index is 0.0697. The van der Waals surface area contributed by atoms with Gasteiger partial charge in [-0.3, -0.25) is 4.79 Å². The van der Waals surface area contributed by atoms with Gasteiger partial charge in [0.15, 0.2) is 16.7 Å². The van der Waals surface area contributed by atoms with Crippen LogP contribution in [0.2, 0.25) is 0 Å². The molecule has 1 aromatic rings. The molecule has 1 saturated heterocycles. The molecule has 3 rings (SSSR count). The Morgan fingerprint density at radius 1 is 1.41 bits per heavy atom. The number of benzene rings is 1. The Labute approximate surface area is 132 Å². The molecule has 2 aliphatic rings. The Hall–Kier alpha value is -1.99. The van der Waals surface area contributed by atoms with Crippen molar-refractivity contribution in [2.75, 3.05) is 33.4 Å². The number of amidine groups is 1. The molecule has 2 heterocycles. The van der Waals surface area contributed by atoms with Gasteiger partial charge in [-0.2, -0.15) is 4.99 Å². The highest BCUT2D eigenvalue weighted by molar-refractivity contribution is 8.18. The van der Waals surface area contributed by atoms with Crippen LogP contribution in [0.1, 0.15) is 5.56 Å². The lowest BCUT2D eigenvalue weighted by Crippen LogP contribution is -2.38. The third kappa shape index (κ3) is 3.10. The highest BCUT2D eigenvalue weighted by atomic mass is 32.2. The van der Waals surface area contributed by atoms with E-state index in [-0.39, 0.29) is 11.7 Å². The number of amides is 1. The van der Waals surface area contributed by atoms with Gasteiger partial charge in [0.05, 0.1) is 25.2 Å². The van der Waals surface area contributed by atoms with Crippen LogP contribution < -0.4 is 4.74 Å². The summed E-state index contributed by atoms with van der Waals surface area (Å²) < 4.78 is 10.4. The fourth-order valence-electron chi connectivity index (χ4n) is 2.22. The van der Waals surface area contributed by atoms with Gasteiger partial charge in [0.2, 0.25) is 0 Å². The van der Waals surface area contributed by atoms with Crippen molar-refractivity contribution in [1.82, 2.24) is 4.90 Å². The van der Waals surface area contributed by atoms with Crippen LogP contribution in [-0.4, -0.2) is 54.5 Å². The van der Waals surface area contributed by atoms with E-state index in [0.717, 1.165) is 23.8 Å². The van der Waals surface area contributed by atoms with E-state index in [1.807, 2.05) is 0 Å². The molecule has 0 spiro atoms. The Kier molecular flexibility index (Phi) is 4.35. The van der Waals surface area contributed by atoms with Crippen molar-refractivity contribution < 1.29 is 19.4 Å². The van der Waals surface area contributed by atoms with Gasteiger partial charge in [-0.05, 0) is 35.5 Å². The third-order valence-electron chi connectivity index (χ3n) is 3.39. The molecule has 0 saturated carbocycles. The van der Waals surface area contributed by atoms with E-state index in [9.17, 15) is 9.90 Å². The first-order valence-electron chi connectivity index (χ1n) is 6.89. The number of methoxy groups -OCH3 is 1. The fraction of sp³-hybridized carbons (Fsp3) is 0.333. The van der Waals surface area contributed by atoms with Crippen LogP contribution >= 0.6 is 11.8 Å². The van der Waals surface area contributed by atoms with E-state index in [2.05, 4.69) is 9.89 Å². The summed E-state index contributed by atoms with van der Waals surface area (Å²) in [6.07, 6.45) is 1.76. The molecule has 1 amide bonds. The normalized spacial score (nSPS) is 20.4. The van der Waals surface area contributed by atoms with E-state index >= 15 is 0 Å². The molecular weight excluding hydrogens is 304 g/mol. The number of rotatable bonds is 2. The van der Waals surface area contributed by atoms with E-state index in [0.29, 0.717) is 23.9 Å². The first kappa shape index (κ1) is 14.9. The van der Waals surface area contributed by atoms with Crippen LogP contribution in [0.3, 0.4) is 0 Å². The summed E-state index contributed by atoms with van der Waals surface area (Å²) in [5.41, 5.74) is 0.781. The van der Waals surface area contributed by atoms with Crippen LogP contribution in [0, 0.1) is 0 Å². The van der Waals surface area contributed by atoms with Gasteiger partial charge in [0, 0.05) is 13.1 Å². The second kappa shape index (κ2) is 6.41. The van der Waals surface area contributed by atoms with Crippen LogP contribution in [0.25, 0.3) is 6.08 Å². The number of carbonyl (C=O) groups is 1. The number of phenolic OH excluding ortho intramolecular Hbond substituents is 1. The SMILES string of the molecule is COc1cc(C=C2SC(N3CCOCC3)=NC2=O)ccc1O. The Morgan fingerprint density at radius 3 is 2.91 bits per heavy atom. The van der Waals surface area contributed by atoms with Crippen molar-refractivity contribution in [2.24, 2.45) is 4.99 Å². The lowest BCUT2D eigenvalue weighted by atomic mass is 10.2. The zero-order chi connectivity index (χ0) is 15.5. The molecule has 0 aliphatic carbocycles. The molecule has 2 aliphatic heterocycles. The van der Waals surface area contributed by atoms with Gasteiger partial charge in [-0.25, -0.2) is 0 Å². The monoisotopic (exact) mass is 320 g/mol. The molecule has 0 bridgehead atoms. The Balaban J connectivity index is 1.77. The Morgan fingerprint density at radius 2 is 2.18 bits per heavy atom. The lowest BCUT2D eigenvalue weighted by molar-refractivity contribution is -0.113. The maximum Gasteiger partial charge on any atom is 0.286 e. The molecule has 0 radical (unpaired) electrons. The van der Waals surface area contributed by atoms with Crippen LogP contribution in [0.15, 0.2) is 28.1 Å². The lowest BCUT2D eigenvalue weighted by Gasteiger charge is -2.27. The first-order valence-corrected chi connectivity index (χ1v) is 7.71. The standard InChI is InChI=1S/C15H16N2O4S/c1-20-12-8-10(2-3-11(12)18)9-13-14(19)16-15(22-13)17-4-6-21-7-5-17/h2-3,8-9,18H,4-7H2,1H3. The number of aliphatic imine (C=N–C) groups is 1. The van der Waals surface area contributed by atoms with E-state index in [4.69, 9.17) is 9.47 Å². The third-order valence-corrected chi connectivity index (χ3v) is 4.44. The second-order valence-corrected chi connectivity index (χ2v) is 5.85. The molecule has 0 unspecified atom stereocenters. The summed E-state index contributed by atoms with van der Waals surface area (Å²) in [7, 11) is 1.49. The van der Waals surface area contributed by atoms with Crippen LogP contribution in [-0.2, 0) is 9.53 Å². The molecular formula is C15H16N2O4S. The summed E-state index contributed by atoms with van der Waals surface area (Å²) in [4.78, 5) is 18.8. The van der Waals surface area contributed by atoms with E-state index in [1.165, 1.54) is 18.9 Å². The zero-order valence-corrected chi connectivity index (χ0v) is 12.9. The summed E-state index contributed by atoms with van der Waals surface area (Å²) in [6, 6.07) is 4.95. The molecule has 0 aromatic heterocycles. The summed E-state index contributed by atoms with van der Waals surface area (Å²) in [6.45, 7) is 2.81. The van der Waals surface area contributed by atoms with Gasteiger partial charge >= 0.3 is 0 Å². The first-order chi connectivity index (χ1) is 10.7. The second-order valence-electron chi connectivity index (χ2n) is 4.84. The van der Waals surface area contributed by atoms with Crippen LogP contribution in [0.4, 0.5) is 0 Å². The quantitative estimate of drug-likeness (QED) is 0.837. The molecule has 1 aromatic carbocycles. The highest BCUT2D eigenvalue weighted by Gasteiger charge is 2.27. The smallest absolute Gasteiger partial charge is 0.286 e.